The lowest BCUT2D eigenvalue weighted by molar-refractivity contribution is -0.114. The highest BCUT2D eigenvalue weighted by atomic mass is 35.5. The summed E-state index contributed by atoms with van der Waals surface area (Å²) in [7, 11) is 0. The monoisotopic (exact) mass is 368 g/mol. The van der Waals surface area contributed by atoms with Crippen molar-refractivity contribution in [1.82, 2.24) is 0 Å². The van der Waals surface area contributed by atoms with Gasteiger partial charge in [-0.1, -0.05) is 17.7 Å². The van der Waals surface area contributed by atoms with Crippen LogP contribution in [-0.2, 0) is 16.0 Å². The maximum atomic E-state index is 12.4. The van der Waals surface area contributed by atoms with Gasteiger partial charge in [0.25, 0.3) is 0 Å². The Morgan fingerprint density at radius 2 is 1.96 bits per heavy atom. The third kappa shape index (κ3) is 4.96. The first-order valence-corrected chi connectivity index (χ1v) is 8.49. The van der Waals surface area contributed by atoms with Crippen molar-refractivity contribution in [2.75, 3.05) is 0 Å². The Morgan fingerprint density at radius 3 is 2.68 bits per heavy atom. The molecule has 1 heterocycles. The van der Waals surface area contributed by atoms with Crippen molar-refractivity contribution >= 4 is 23.4 Å². The number of rotatable bonds is 0. The third-order valence-corrected chi connectivity index (χ3v) is 4.42. The van der Waals surface area contributed by atoms with Crippen LogP contribution < -0.4 is 0 Å². The number of ketones is 1. The van der Waals surface area contributed by atoms with Gasteiger partial charge >= 0.3 is 5.97 Å². The van der Waals surface area contributed by atoms with E-state index in [2.05, 4.69) is 0 Å². The van der Waals surface area contributed by atoms with E-state index in [0.717, 1.165) is 6.07 Å². The zero-order chi connectivity index (χ0) is 18.6. The molecule has 7 heteroatoms. The number of aromatic hydroxyl groups is 2. The van der Waals surface area contributed by atoms with E-state index in [-0.39, 0.29) is 34.8 Å². The van der Waals surface area contributed by atoms with Crippen molar-refractivity contribution in [3.05, 3.63) is 34.4 Å². The Kier molecular flexibility index (Phi) is 6.45. The number of hydrogen-bond acceptors (Lipinski definition) is 6. The minimum Gasteiger partial charge on any atom is -0.507 e. The summed E-state index contributed by atoms with van der Waals surface area (Å²) in [5.74, 6) is -2.12. The van der Waals surface area contributed by atoms with Crippen molar-refractivity contribution in [3.63, 3.8) is 0 Å². The lowest BCUT2D eigenvalue weighted by Gasteiger charge is -2.19. The molecule has 1 aromatic rings. The average molecular weight is 369 g/mol. The zero-order valence-corrected chi connectivity index (χ0v) is 14.6. The fraction of sp³-hybridized carbons (Fsp3) is 0.444. The smallest absolute Gasteiger partial charge is 0.342 e. The van der Waals surface area contributed by atoms with E-state index < -0.39 is 29.7 Å². The number of carbonyl (C=O) groups is 2. The Labute approximate surface area is 150 Å². The van der Waals surface area contributed by atoms with Crippen LogP contribution in [0.1, 0.15) is 48.5 Å². The summed E-state index contributed by atoms with van der Waals surface area (Å²) in [6.45, 7) is 1.64. The molecule has 6 nitrogen and oxygen atoms in total. The van der Waals surface area contributed by atoms with Gasteiger partial charge in [-0.2, -0.15) is 0 Å². The normalized spacial score (nSPS) is 22.8. The van der Waals surface area contributed by atoms with Crippen molar-refractivity contribution in [1.29, 1.82) is 0 Å². The molecule has 1 aromatic carbocycles. The molecule has 0 spiro atoms. The van der Waals surface area contributed by atoms with Crippen LogP contribution in [0.5, 0.6) is 11.5 Å². The SMILES string of the molecule is C[C@@H]1CC(O)CCCC=CC(=O)Cc2c(Cl)c(O)cc(O)c2C(=O)O1. The van der Waals surface area contributed by atoms with Gasteiger partial charge in [-0.15, -0.1) is 0 Å². The van der Waals surface area contributed by atoms with E-state index in [4.69, 9.17) is 16.3 Å². The Balaban J connectivity index is 2.46. The van der Waals surface area contributed by atoms with E-state index in [0.29, 0.717) is 19.3 Å². The first-order valence-electron chi connectivity index (χ1n) is 8.11. The molecule has 25 heavy (non-hydrogen) atoms. The number of hydrogen-bond donors (Lipinski definition) is 3. The van der Waals surface area contributed by atoms with Gasteiger partial charge in [0.15, 0.2) is 5.78 Å². The van der Waals surface area contributed by atoms with Crippen molar-refractivity contribution in [2.45, 2.75) is 51.2 Å². The molecule has 1 unspecified atom stereocenters. The molecule has 1 aliphatic rings. The number of halogens is 1. The number of allylic oxidation sites excluding steroid dienone is 2. The molecule has 0 aromatic heterocycles. The van der Waals surface area contributed by atoms with Crippen LogP contribution in [0.3, 0.4) is 0 Å². The highest BCUT2D eigenvalue weighted by Gasteiger charge is 2.26. The predicted molar refractivity (Wildman–Crippen MR) is 92.0 cm³/mol. The molecule has 0 saturated carbocycles. The molecular weight excluding hydrogens is 348 g/mol. The topological polar surface area (TPSA) is 104 Å². The number of fused-ring (bicyclic) bond motifs is 1. The van der Waals surface area contributed by atoms with Gasteiger partial charge in [-0.3, -0.25) is 4.79 Å². The molecule has 0 amide bonds. The van der Waals surface area contributed by atoms with Gasteiger partial charge in [0.2, 0.25) is 0 Å². The maximum Gasteiger partial charge on any atom is 0.342 e. The average Bonchev–Trinajstić information content (AvgIpc) is 2.50. The molecule has 2 atom stereocenters. The molecule has 136 valence electrons. The summed E-state index contributed by atoms with van der Waals surface area (Å²) in [4.78, 5) is 24.6. The van der Waals surface area contributed by atoms with Crippen LogP contribution in [0, 0.1) is 0 Å². The third-order valence-electron chi connectivity index (χ3n) is 4.00. The Morgan fingerprint density at radius 1 is 1.24 bits per heavy atom. The number of carbonyl (C=O) groups excluding carboxylic acids is 2. The van der Waals surface area contributed by atoms with Crippen LogP contribution in [0.15, 0.2) is 18.2 Å². The van der Waals surface area contributed by atoms with Crippen LogP contribution in [0.25, 0.3) is 0 Å². The Bertz CT molecular complexity index is 697. The fourth-order valence-corrected chi connectivity index (χ4v) is 3.00. The number of esters is 1. The van der Waals surface area contributed by atoms with Crippen molar-refractivity contribution in [3.8, 4) is 11.5 Å². The second-order valence-corrected chi connectivity index (χ2v) is 6.54. The lowest BCUT2D eigenvalue weighted by atomic mass is 9.99. The molecular formula is C18H21ClO6. The summed E-state index contributed by atoms with van der Waals surface area (Å²) >= 11 is 6.04. The number of phenols is 2. The Hall–Kier alpha value is -2.05. The number of aliphatic hydroxyl groups excluding tert-OH is 1. The molecule has 2 rings (SSSR count). The molecule has 3 N–H and O–H groups in total. The minimum atomic E-state index is -0.858. The largest absolute Gasteiger partial charge is 0.507 e. The van der Waals surface area contributed by atoms with E-state index >= 15 is 0 Å². The van der Waals surface area contributed by atoms with Crippen LogP contribution in [0.2, 0.25) is 5.02 Å². The molecule has 0 aliphatic carbocycles. The number of cyclic esters (lactones) is 1. The summed E-state index contributed by atoms with van der Waals surface area (Å²) in [6, 6.07) is 0.936. The van der Waals surface area contributed by atoms with Gasteiger partial charge in [-0.25, -0.2) is 4.79 Å². The molecule has 0 saturated heterocycles. The maximum absolute atomic E-state index is 12.4. The van der Waals surface area contributed by atoms with Crippen LogP contribution in [0.4, 0.5) is 0 Å². The summed E-state index contributed by atoms with van der Waals surface area (Å²) < 4.78 is 5.27. The molecule has 0 radical (unpaired) electrons. The second-order valence-electron chi connectivity index (χ2n) is 6.16. The van der Waals surface area contributed by atoms with Gasteiger partial charge in [0.05, 0.1) is 11.1 Å². The van der Waals surface area contributed by atoms with E-state index in [9.17, 15) is 24.9 Å². The number of benzene rings is 1. The van der Waals surface area contributed by atoms with E-state index in [1.807, 2.05) is 0 Å². The van der Waals surface area contributed by atoms with Gasteiger partial charge < -0.3 is 20.1 Å². The second kappa shape index (κ2) is 8.36. The highest BCUT2D eigenvalue weighted by Crippen LogP contribution is 2.37. The van der Waals surface area contributed by atoms with Crippen molar-refractivity contribution < 1.29 is 29.6 Å². The van der Waals surface area contributed by atoms with E-state index in [1.165, 1.54) is 6.08 Å². The quantitative estimate of drug-likeness (QED) is 0.608. The van der Waals surface area contributed by atoms with Crippen molar-refractivity contribution in [2.24, 2.45) is 0 Å². The van der Waals surface area contributed by atoms with Gasteiger partial charge in [-0.05, 0) is 32.3 Å². The molecule has 0 bridgehead atoms. The van der Waals surface area contributed by atoms with Gasteiger partial charge in [0.1, 0.15) is 23.2 Å². The first-order chi connectivity index (χ1) is 11.8. The highest BCUT2D eigenvalue weighted by molar-refractivity contribution is 6.33. The minimum absolute atomic E-state index is 0.0172. The number of phenolic OH excluding ortho intramolecular Hbond substituents is 2. The molecule has 0 fully saturated rings. The standard InChI is InChI=1S/C18H21ClO6/c1-10-7-11(20)5-3-2-4-6-12(21)8-13-16(18(24)25-10)14(22)9-15(23)17(13)19/h4,6,9-11,20,22-23H,2-3,5,7-8H2,1H3/t10-,11?/m1/s1. The van der Waals surface area contributed by atoms with Crippen LogP contribution in [-0.4, -0.2) is 39.3 Å². The predicted octanol–water partition coefficient (Wildman–Crippen LogP) is 2.90. The first kappa shape index (κ1) is 19.3. The van der Waals surface area contributed by atoms with Gasteiger partial charge in [0, 0.05) is 24.5 Å². The molecule has 1 aliphatic heterocycles. The fourth-order valence-electron chi connectivity index (χ4n) is 2.79. The van der Waals surface area contributed by atoms with Crippen LogP contribution >= 0.6 is 11.6 Å². The lowest BCUT2D eigenvalue weighted by Crippen LogP contribution is -2.22. The summed E-state index contributed by atoms with van der Waals surface area (Å²) in [5.41, 5.74) is -0.230. The van der Waals surface area contributed by atoms with E-state index in [1.54, 1.807) is 13.0 Å². The number of ether oxygens (including phenoxy) is 1. The summed E-state index contributed by atoms with van der Waals surface area (Å²) in [5, 5.41) is 29.6. The zero-order valence-electron chi connectivity index (χ0n) is 13.9. The summed E-state index contributed by atoms with van der Waals surface area (Å²) in [6.07, 6.45) is 3.71. The number of aliphatic hydroxyl groups is 1.